The SMILES string of the molecule is Cc1cc2n(n1)[C@@H](C(F)F)C[C@@H]([C@@H]1CCCN(C(=O)C[C@@H]3CCCO3)C1)N2. The number of aromatic nitrogens is 2. The van der Waals surface area contributed by atoms with Gasteiger partial charge in [-0.25, -0.2) is 13.5 Å². The maximum Gasteiger partial charge on any atom is 0.260 e. The number of hydrogen-bond donors (Lipinski definition) is 1. The van der Waals surface area contributed by atoms with Crippen LogP contribution >= 0.6 is 0 Å². The maximum atomic E-state index is 13.6. The van der Waals surface area contributed by atoms with Gasteiger partial charge in [-0.3, -0.25) is 4.79 Å². The quantitative estimate of drug-likeness (QED) is 0.870. The minimum Gasteiger partial charge on any atom is -0.378 e. The van der Waals surface area contributed by atoms with Crippen LogP contribution in [0.5, 0.6) is 0 Å². The average molecular weight is 382 g/mol. The van der Waals surface area contributed by atoms with Gasteiger partial charge in [0.05, 0.1) is 18.2 Å². The van der Waals surface area contributed by atoms with Gasteiger partial charge in [0.25, 0.3) is 6.43 Å². The average Bonchev–Trinajstić information content (AvgIpc) is 3.29. The molecule has 0 aromatic carbocycles. The van der Waals surface area contributed by atoms with E-state index in [4.69, 9.17) is 4.74 Å². The number of aryl methyl sites for hydroxylation is 1. The van der Waals surface area contributed by atoms with Gasteiger partial charge in [0.15, 0.2) is 0 Å². The summed E-state index contributed by atoms with van der Waals surface area (Å²) in [4.78, 5) is 14.6. The predicted molar refractivity (Wildman–Crippen MR) is 96.9 cm³/mol. The number of carbonyl (C=O) groups is 1. The molecule has 27 heavy (non-hydrogen) atoms. The number of likely N-dealkylation sites (tertiary alicyclic amines) is 1. The van der Waals surface area contributed by atoms with Crippen LogP contribution in [0.1, 0.15) is 50.3 Å². The zero-order valence-electron chi connectivity index (χ0n) is 15.7. The van der Waals surface area contributed by atoms with E-state index in [1.165, 1.54) is 4.68 Å². The molecule has 4 rings (SSSR count). The highest BCUT2D eigenvalue weighted by atomic mass is 19.3. The van der Waals surface area contributed by atoms with Crippen molar-refractivity contribution in [3.05, 3.63) is 11.8 Å². The summed E-state index contributed by atoms with van der Waals surface area (Å²) in [6.07, 6.45) is 2.21. The van der Waals surface area contributed by atoms with Crippen molar-refractivity contribution >= 4 is 11.7 Å². The van der Waals surface area contributed by atoms with Crippen LogP contribution in [0.15, 0.2) is 6.07 Å². The molecular weight excluding hydrogens is 354 g/mol. The number of carbonyl (C=O) groups excluding carboxylic acids is 1. The Morgan fingerprint density at radius 2 is 2.26 bits per heavy atom. The Balaban J connectivity index is 1.42. The lowest BCUT2D eigenvalue weighted by molar-refractivity contribution is -0.135. The van der Waals surface area contributed by atoms with E-state index in [1.54, 1.807) is 0 Å². The Morgan fingerprint density at radius 1 is 1.41 bits per heavy atom. The first-order valence-corrected chi connectivity index (χ1v) is 10.0. The van der Waals surface area contributed by atoms with Crippen LogP contribution in [0, 0.1) is 12.8 Å². The molecule has 1 aromatic rings. The molecule has 4 heterocycles. The van der Waals surface area contributed by atoms with Crippen molar-refractivity contribution < 1.29 is 18.3 Å². The highest BCUT2D eigenvalue weighted by Gasteiger charge is 2.39. The van der Waals surface area contributed by atoms with Crippen molar-refractivity contribution in [3.63, 3.8) is 0 Å². The molecule has 1 N–H and O–H groups in total. The van der Waals surface area contributed by atoms with Gasteiger partial charge in [-0.2, -0.15) is 5.10 Å². The van der Waals surface area contributed by atoms with E-state index in [0.717, 1.165) is 44.5 Å². The number of amides is 1. The molecule has 1 aromatic heterocycles. The number of nitrogens with one attached hydrogen (secondary N) is 1. The summed E-state index contributed by atoms with van der Waals surface area (Å²) in [5.74, 6) is 0.975. The number of alkyl halides is 2. The van der Waals surface area contributed by atoms with Crippen LogP contribution in [0.2, 0.25) is 0 Å². The normalized spacial score (nSPS) is 31.0. The number of nitrogens with zero attached hydrogens (tertiary/aromatic N) is 3. The van der Waals surface area contributed by atoms with E-state index >= 15 is 0 Å². The van der Waals surface area contributed by atoms with Gasteiger partial charge in [-0.15, -0.1) is 0 Å². The fraction of sp³-hybridized carbons (Fsp3) is 0.789. The molecule has 0 bridgehead atoms. The minimum atomic E-state index is -2.45. The Labute approximate surface area is 158 Å². The smallest absolute Gasteiger partial charge is 0.260 e. The lowest BCUT2D eigenvalue weighted by Gasteiger charge is -2.41. The van der Waals surface area contributed by atoms with E-state index in [2.05, 4.69) is 10.4 Å². The van der Waals surface area contributed by atoms with Crippen LogP contribution in [-0.2, 0) is 9.53 Å². The second-order valence-electron chi connectivity index (χ2n) is 8.09. The largest absolute Gasteiger partial charge is 0.378 e. The Kier molecular flexibility index (Phi) is 5.34. The zero-order chi connectivity index (χ0) is 19.0. The van der Waals surface area contributed by atoms with E-state index in [1.807, 2.05) is 17.9 Å². The molecule has 2 saturated heterocycles. The molecule has 150 valence electrons. The van der Waals surface area contributed by atoms with Crippen molar-refractivity contribution in [1.29, 1.82) is 0 Å². The number of anilines is 1. The summed E-state index contributed by atoms with van der Waals surface area (Å²) in [5.41, 5.74) is 0.737. The third-order valence-corrected chi connectivity index (χ3v) is 6.10. The Hall–Kier alpha value is -1.70. The van der Waals surface area contributed by atoms with Crippen molar-refractivity contribution in [2.75, 3.05) is 25.0 Å². The van der Waals surface area contributed by atoms with E-state index in [-0.39, 0.29) is 24.0 Å². The molecule has 3 aliphatic heterocycles. The molecule has 3 aliphatic rings. The van der Waals surface area contributed by atoms with E-state index < -0.39 is 12.5 Å². The van der Waals surface area contributed by atoms with Crippen LogP contribution in [0.3, 0.4) is 0 Å². The van der Waals surface area contributed by atoms with Crippen molar-refractivity contribution in [2.24, 2.45) is 5.92 Å². The lowest BCUT2D eigenvalue weighted by Crippen LogP contribution is -2.48. The Morgan fingerprint density at radius 3 is 3.00 bits per heavy atom. The molecule has 0 unspecified atom stereocenters. The first-order valence-electron chi connectivity index (χ1n) is 10.0. The number of hydrogen-bond acceptors (Lipinski definition) is 4. The van der Waals surface area contributed by atoms with Gasteiger partial charge in [0.2, 0.25) is 5.91 Å². The first-order chi connectivity index (χ1) is 13.0. The second kappa shape index (κ2) is 7.73. The van der Waals surface area contributed by atoms with Crippen LogP contribution in [0.25, 0.3) is 0 Å². The molecule has 2 fully saturated rings. The van der Waals surface area contributed by atoms with Gasteiger partial charge in [0.1, 0.15) is 11.9 Å². The number of ether oxygens (including phenoxy) is 1. The Bertz CT molecular complexity index is 675. The summed E-state index contributed by atoms with van der Waals surface area (Å²) in [6, 6.07) is 0.855. The minimum absolute atomic E-state index is 0.0474. The molecular formula is C19H28F2N4O2. The molecule has 0 spiro atoms. The summed E-state index contributed by atoms with van der Waals surface area (Å²) < 4.78 is 34.2. The monoisotopic (exact) mass is 382 g/mol. The highest BCUT2D eigenvalue weighted by Crippen LogP contribution is 2.36. The molecule has 0 aliphatic carbocycles. The summed E-state index contributed by atoms with van der Waals surface area (Å²) in [6.45, 7) is 3.95. The molecule has 4 atom stereocenters. The van der Waals surface area contributed by atoms with Gasteiger partial charge >= 0.3 is 0 Å². The van der Waals surface area contributed by atoms with Crippen LogP contribution in [-0.4, -0.2) is 58.9 Å². The summed E-state index contributed by atoms with van der Waals surface area (Å²) in [7, 11) is 0. The van der Waals surface area contributed by atoms with Gasteiger partial charge in [-0.1, -0.05) is 0 Å². The summed E-state index contributed by atoms with van der Waals surface area (Å²) in [5, 5.41) is 7.64. The third kappa shape index (κ3) is 3.95. The number of rotatable bonds is 4. The van der Waals surface area contributed by atoms with Crippen LogP contribution in [0.4, 0.5) is 14.6 Å². The fourth-order valence-electron chi connectivity index (χ4n) is 4.70. The number of piperidine rings is 1. The standard InChI is InChI=1S/C19H28F2N4O2/c1-12-8-17-22-15(10-16(19(20)21)25(17)23-12)13-4-2-6-24(11-13)18(26)9-14-5-3-7-27-14/h8,13-16,19,22H,2-7,9-11H2,1H3/t13-,14+,15+,16-/m1/s1. The van der Waals surface area contributed by atoms with Gasteiger partial charge in [-0.05, 0) is 44.9 Å². The third-order valence-electron chi connectivity index (χ3n) is 6.10. The topological polar surface area (TPSA) is 59.4 Å². The summed E-state index contributed by atoms with van der Waals surface area (Å²) >= 11 is 0. The van der Waals surface area contributed by atoms with Crippen molar-refractivity contribution in [3.8, 4) is 0 Å². The molecule has 0 saturated carbocycles. The van der Waals surface area contributed by atoms with Crippen LogP contribution < -0.4 is 5.32 Å². The fourth-order valence-corrected chi connectivity index (χ4v) is 4.70. The highest BCUT2D eigenvalue weighted by molar-refractivity contribution is 5.76. The molecule has 1 amide bonds. The molecule has 6 nitrogen and oxygen atoms in total. The maximum absolute atomic E-state index is 13.6. The lowest BCUT2D eigenvalue weighted by atomic mass is 9.85. The zero-order valence-corrected chi connectivity index (χ0v) is 15.7. The van der Waals surface area contributed by atoms with Crippen molar-refractivity contribution in [2.45, 2.75) is 70.1 Å². The molecule has 0 radical (unpaired) electrons. The number of halogens is 2. The van der Waals surface area contributed by atoms with E-state index in [0.29, 0.717) is 25.2 Å². The van der Waals surface area contributed by atoms with Gasteiger partial charge < -0.3 is 15.0 Å². The predicted octanol–water partition coefficient (Wildman–Crippen LogP) is 2.99. The van der Waals surface area contributed by atoms with Crippen molar-refractivity contribution in [1.82, 2.24) is 14.7 Å². The second-order valence-corrected chi connectivity index (χ2v) is 8.09. The molecule has 8 heteroatoms. The van der Waals surface area contributed by atoms with Gasteiger partial charge in [0, 0.05) is 31.8 Å². The number of fused-ring (bicyclic) bond motifs is 1. The first kappa shape index (κ1) is 18.7. The van der Waals surface area contributed by atoms with E-state index in [9.17, 15) is 13.6 Å².